The Morgan fingerprint density at radius 3 is 2.62 bits per heavy atom. The topological polar surface area (TPSA) is 24.4 Å². The van der Waals surface area contributed by atoms with Crippen LogP contribution in [0, 0.1) is 0 Å². The van der Waals surface area contributed by atoms with E-state index in [1.807, 2.05) is 26.3 Å². The Bertz CT molecular complexity index is 216. The van der Waals surface area contributed by atoms with Crippen molar-refractivity contribution in [3.8, 4) is 0 Å². The Morgan fingerprint density at radius 1 is 1.62 bits per heavy atom. The molecule has 0 fully saturated rings. The SMILES string of the molecule is C=C/C=C(\C)[C@](C)(/N=C\CC)NC. The summed E-state index contributed by atoms with van der Waals surface area (Å²) >= 11 is 0. The standard InChI is InChI=1S/C11H20N2/c1-6-8-10(3)11(4,12-5)13-9-7-2/h6,8-9,12H,1,7H2,2-5H3/b10-8+,13-9-/t11-/m0/s1. The van der Waals surface area contributed by atoms with Gasteiger partial charge in [0.1, 0.15) is 5.66 Å². The van der Waals surface area contributed by atoms with Gasteiger partial charge in [-0.05, 0) is 32.9 Å². The van der Waals surface area contributed by atoms with Crippen LogP contribution in [-0.4, -0.2) is 18.9 Å². The Kier molecular flexibility index (Phi) is 5.31. The third-order valence-corrected chi connectivity index (χ3v) is 2.15. The molecule has 2 nitrogen and oxygen atoms in total. The second kappa shape index (κ2) is 5.70. The van der Waals surface area contributed by atoms with Gasteiger partial charge in [0, 0.05) is 6.21 Å². The molecule has 0 aromatic heterocycles. The largest absolute Gasteiger partial charge is 0.293 e. The second-order valence-corrected chi connectivity index (χ2v) is 3.13. The summed E-state index contributed by atoms with van der Waals surface area (Å²) in [6.07, 6.45) is 6.64. The molecule has 0 aliphatic heterocycles. The maximum absolute atomic E-state index is 4.46. The van der Waals surface area contributed by atoms with Crippen LogP contribution >= 0.6 is 0 Å². The molecule has 0 radical (unpaired) electrons. The number of nitrogens with one attached hydrogen (secondary N) is 1. The van der Waals surface area contributed by atoms with E-state index in [1.54, 1.807) is 6.08 Å². The molecule has 0 saturated carbocycles. The molecule has 1 atom stereocenters. The molecule has 0 rings (SSSR count). The van der Waals surface area contributed by atoms with Gasteiger partial charge in [0.25, 0.3) is 0 Å². The molecule has 0 spiro atoms. The third-order valence-electron chi connectivity index (χ3n) is 2.15. The fourth-order valence-corrected chi connectivity index (χ4v) is 0.976. The highest BCUT2D eigenvalue weighted by atomic mass is 15.1. The minimum absolute atomic E-state index is 0.287. The van der Waals surface area contributed by atoms with Gasteiger partial charge in [-0.2, -0.15) is 0 Å². The van der Waals surface area contributed by atoms with Crippen LogP contribution in [0.3, 0.4) is 0 Å². The molecule has 13 heavy (non-hydrogen) atoms. The molecule has 0 aromatic rings. The predicted molar refractivity (Wildman–Crippen MR) is 60.2 cm³/mol. The summed E-state index contributed by atoms with van der Waals surface area (Å²) in [5.41, 5.74) is 0.874. The van der Waals surface area contributed by atoms with Crippen LogP contribution in [0.25, 0.3) is 0 Å². The lowest BCUT2D eigenvalue weighted by Gasteiger charge is -2.25. The number of hydrogen-bond acceptors (Lipinski definition) is 2. The van der Waals surface area contributed by atoms with Crippen molar-refractivity contribution in [2.45, 2.75) is 32.9 Å². The number of hydrogen-bond donors (Lipinski definition) is 1. The van der Waals surface area contributed by atoms with Crippen LogP contribution in [0.2, 0.25) is 0 Å². The smallest absolute Gasteiger partial charge is 0.128 e. The van der Waals surface area contributed by atoms with E-state index in [9.17, 15) is 0 Å². The molecule has 0 aromatic carbocycles. The Hall–Kier alpha value is -0.890. The van der Waals surface area contributed by atoms with Crippen molar-refractivity contribution in [3.05, 3.63) is 24.3 Å². The second-order valence-electron chi connectivity index (χ2n) is 3.13. The van der Waals surface area contributed by atoms with E-state index in [0.717, 1.165) is 12.0 Å². The molecule has 2 heteroatoms. The van der Waals surface area contributed by atoms with Crippen molar-refractivity contribution >= 4 is 6.21 Å². The molecule has 0 bridgehead atoms. The van der Waals surface area contributed by atoms with Crippen LogP contribution < -0.4 is 5.32 Å². The molecular weight excluding hydrogens is 160 g/mol. The van der Waals surface area contributed by atoms with E-state index in [2.05, 4.69) is 30.7 Å². The molecule has 0 amide bonds. The predicted octanol–water partition coefficient (Wildman–Crippen LogP) is 2.54. The summed E-state index contributed by atoms with van der Waals surface area (Å²) in [7, 11) is 1.91. The number of nitrogens with zero attached hydrogens (tertiary/aromatic N) is 1. The quantitative estimate of drug-likeness (QED) is 0.510. The zero-order valence-corrected chi connectivity index (χ0v) is 9.09. The van der Waals surface area contributed by atoms with Crippen molar-refractivity contribution in [1.29, 1.82) is 0 Å². The van der Waals surface area contributed by atoms with Crippen LogP contribution in [-0.2, 0) is 0 Å². The van der Waals surface area contributed by atoms with Crippen LogP contribution in [0.5, 0.6) is 0 Å². The normalized spacial score (nSPS) is 17.4. The first-order valence-electron chi connectivity index (χ1n) is 4.63. The first-order chi connectivity index (χ1) is 6.10. The summed E-state index contributed by atoms with van der Waals surface area (Å²) < 4.78 is 0. The highest BCUT2D eigenvalue weighted by molar-refractivity contribution is 5.58. The molecule has 0 unspecified atom stereocenters. The molecule has 0 heterocycles. The van der Waals surface area contributed by atoms with Gasteiger partial charge in [0.05, 0.1) is 0 Å². The van der Waals surface area contributed by atoms with Gasteiger partial charge in [0.15, 0.2) is 0 Å². The fourth-order valence-electron chi connectivity index (χ4n) is 0.976. The number of allylic oxidation sites excluding steroid dienone is 2. The molecule has 0 aliphatic carbocycles. The van der Waals surface area contributed by atoms with Crippen LogP contribution in [0.15, 0.2) is 29.3 Å². The summed E-state index contributed by atoms with van der Waals surface area (Å²) in [5, 5.41) is 3.18. The first-order valence-corrected chi connectivity index (χ1v) is 4.63. The fraction of sp³-hybridized carbons (Fsp3) is 0.545. The van der Waals surface area contributed by atoms with Crippen molar-refractivity contribution < 1.29 is 0 Å². The Balaban J connectivity index is 4.71. The van der Waals surface area contributed by atoms with Crippen molar-refractivity contribution in [1.82, 2.24) is 5.32 Å². The van der Waals surface area contributed by atoms with Crippen LogP contribution in [0.4, 0.5) is 0 Å². The van der Waals surface area contributed by atoms with Crippen molar-refractivity contribution in [3.63, 3.8) is 0 Å². The highest BCUT2D eigenvalue weighted by Crippen LogP contribution is 2.16. The summed E-state index contributed by atoms with van der Waals surface area (Å²) in [4.78, 5) is 4.46. The van der Waals surface area contributed by atoms with Gasteiger partial charge in [-0.25, -0.2) is 0 Å². The average Bonchev–Trinajstić information content (AvgIpc) is 2.14. The monoisotopic (exact) mass is 180 g/mol. The number of likely N-dealkylation sites (N-methyl/N-ethyl adjacent to an activating group) is 1. The molecule has 0 saturated heterocycles. The van der Waals surface area contributed by atoms with E-state index < -0.39 is 0 Å². The average molecular weight is 180 g/mol. The van der Waals surface area contributed by atoms with E-state index >= 15 is 0 Å². The molecule has 1 N–H and O–H groups in total. The number of rotatable bonds is 5. The molecule has 74 valence electrons. The third kappa shape index (κ3) is 3.55. The Labute approximate surface area is 81.5 Å². The van der Waals surface area contributed by atoms with Gasteiger partial charge in [-0.15, -0.1) is 0 Å². The van der Waals surface area contributed by atoms with Gasteiger partial charge in [-0.3, -0.25) is 10.3 Å². The maximum atomic E-state index is 4.46. The molecular formula is C11H20N2. The maximum Gasteiger partial charge on any atom is 0.128 e. The van der Waals surface area contributed by atoms with Gasteiger partial charge in [0.2, 0.25) is 0 Å². The summed E-state index contributed by atoms with van der Waals surface area (Å²) in [5.74, 6) is 0. The highest BCUT2D eigenvalue weighted by Gasteiger charge is 2.20. The molecule has 0 aliphatic rings. The minimum atomic E-state index is -0.287. The summed E-state index contributed by atoms with van der Waals surface area (Å²) in [6, 6.07) is 0. The van der Waals surface area contributed by atoms with Crippen molar-refractivity contribution in [2.75, 3.05) is 7.05 Å². The van der Waals surface area contributed by atoms with Crippen molar-refractivity contribution in [2.24, 2.45) is 4.99 Å². The minimum Gasteiger partial charge on any atom is -0.293 e. The number of aliphatic imine (C=N–C) groups is 1. The van der Waals surface area contributed by atoms with Gasteiger partial charge in [-0.1, -0.05) is 25.7 Å². The van der Waals surface area contributed by atoms with Gasteiger partial charge >= 0.3 is 0 Å². The first kappa shape index (κ1) is 12.1. The van der Waals surface area contributed by atoms with E-state index in [-0.39, 0.29) is 5.66 Å². The van der Waals surface area contributed by atoms with Gasteiger partial charge < -0.3 is 0 Å². The zero-order chi connectivity index (χ0) is 10.3. The van der Waals surface area contributed by atoms with E-state index in [0.29, 0.717) is 0 Å². The van der Waals surface area contributed by atoms with Crippen LogP contribution in [0.1, 0.15) is 27.2 Å². The lowest BCUT2D eigenvalue weighted by molar-refractivity contribution is 0.475. The lowest BCUT2D eigenvalue weighted by Crippen LogP contribution is -2.38. The van der Waals surface area contributed by atoms with E-state index in [1.165, 1.54) is 0 Å². The Morgan fingerprint density at radius 2 is 2.23 bits per heavy atom. The lowest BCUT2D eigenvalue weighted by atomic mass is 10.0. The zero-order valence-electron chi connectivity index (χ0n) is 9.09. The summed E-state index contributed by atoms with van der Waals surface area (Å²) in [6.45, 7) is 9.85. The van der Waals surface area contributed by atoms with E-state index in [4.69, 9.17) is 0 Å².